The van der Waals surface area contributed by atoms with Gasteiger partial charge in [0.1, 0.15) is 0 Å². The summed E-state index contributed by atoms with van der Waals surface area (Å²) in [7, 11) is 1.54. The Labute approximate surface area is 122 Å². The van der Waals surface area contributed by atoms with E-state index in [1.54, 1.807) is 4.90 Å². The topological polar surface area (TPSA) is 95.8 Å². The molecule has 8 nitrogen and oxygen atoms in total. The lowest BCUT2D eigenvalue weighted by atomic mass is 10.1. The van der Waals surface area contributed by atoms with Crippen molar-refractivity contribution in [3.63, 3.8) is 0 Å². The van der Waals surface area contributed by atoms with Crippen molar-refractivity contribution in [2.45, 2.75) is 6.92 Å². The molecule has 114 valence electrons. The van der Waals surface area contributed by atoms with E-state index in [0.29, 0.717) is 19.6 Å². The number of hydrogen-bond donors (Lipinski definition) is 1. The van der Waals surface area contributed by atoms with Crippen LogP contribution in [0.4, 0.5) is 0 Å². The molecule has 8 heteroatoms. The number of nitrogens with zero attached hydrogens (tertiary/aromatic N) is 3. The van der Waals surface area contributed by atoms with E-state index >= 15 is 0 Å². The molecule has 0 aromatic carbocycles. The molecule has 2 rings (SSSR count). The van der Waals surface area contributed by atoms with Crippen LogP contribution < -0.4 is 5.32 Å². The molecular weight excluding hydrogens is 276 g/mol. The Bertz CT molecular complexity index is 528. The first-order valence-electron chi connectivity index (χ1n) is 6.67. The third-order valence-electron chi connectivity index (χ3n) is 3.51. The second kappa shape index (κ2) is 6.38. The minimum Gasteiger partial charge on any atom is -0.438 e. The molecule has 21 heavy (non-hydrogen) atoms. The van der Waals surface area contributed by atoms with Crippen LogP contribution in [-0.2, 0) is 9.59 Å². The van der Waals surface area contributed by atoms with Crippen LogP contribution in [0.25, 0.3) is 0 Å². The molecule has 1 N–H and O–H groups in total. The van der Waals surface area contributed by atoms with Crippen molar-refractivity contribution in [2.75, 3.05) is 33.2 Å². The predicted molar refractivity (Wildman–Crippen MR) is 72.2 cm³/mol. The van der Waals surface area contributed by atoms with Gasteiger partial charge in [-0.15, -0.1) is 0 Å². The van der Waals surface area contributed by atoms with Gasteiger partial charge in [-0.05, 0) is 0 Å². The Hall–Kier alpha value is -2.38. The molecule has 1 aromatic heterocycles. The molecule has 1 saturated heterocycles. The second-order valence-electron chi connectivity index (χ2n) is 4.89. The fraction of sp³-hybridized carbons (Fsp3) is 0.538. The lowest BCUT2D eigenvalue weighted by Crippen LogP contribution is -2.42. The average molecular weight is 294 g/mol. The number of hydrogen-bond acceptors (Lipinski definition) is 5. The van der Waals surface area contributed by atoms with Crippen molar-refractivity contribution in [1.29, 1.82) is 0 Å². The SMILES string of the molecule is CNC(=O)C1CN(C(C)=O)CCN(C(=O)c2cnco2)C1. The highest BCUT2D eigenvalue weighted by Crippen LogP contribution is 2.13. The Kier molecular flexibility index (Phi) is 4.56. The predicted octanol–water partition coefficient (Wildman–Crippen LogP) is -0.659. The van der Waals surface area contributed by atoms with Crippen LogP contribution in [-0.4, -0.2) is 65.7 Å². The summed E-state index contributed by atoms with van der Waals surface area (Å²) >= 11 is 0. The van der Waals surface area contributed by atoms with Gasteiger partial charge in [0.2, 0.25) is 17.6 Å². The Morgan fingerprint density at radius 1 is 1.29 bits per heavy atom. The van der Waals surface area contributed by atoms with Crippen molar-refractivity contribution in [3.8, 4) is 0 Å². The maximum Gasteiger partial charge on any atom is 0.291 e. The Balaban J connectivity index is 2.17. The molecule has 0 radical (unpaired) electrons. The zero-order valence-corrected chi connectivity index (χ0v) is 12.0. The van der Waals surface area contributed by atoms with Crippen LogP contribution in [0, 0.1) is 5.92 Å². The molecule has 0 bridgehead atoms. The number of nitrogens with one attached hydrogen (secondary N) is 1. The molecule has 1 unspecified atom stereocenters. The highest BCUT2D eigenvalue weighted by Gasteiger charge is 2.31. The van der Waals surface area contributed by atoms with Crippen LogP contribution in [0.1, 0.15) is 17.5 Å². The molecule has 1 aliphatic heterocycles. The highest BCUT2D eigenvalue weighted by molar-refractivity contribution is 5.91. The maximum absolute atomic E-state index is 12.3. The third-order valence-corrected chi connectivity index (χ3v) is 3.51. The first kappa shape index (κ1) is 15.0. The summed E-state index contributed by atoms with van der Waals surface area (Å²) in [6.45, 7) is 2.74. The van der Waals surface area contributed by atoms with Crippen LogP contribution >= 0.6 is 0 Å². The summed E-state index contributed by atoms with van der Waals surface area (Å²) in [6, 6.07) is 0. The zero-order valence-electron chi connectivity index (χ0n) is 12.0. The van der Waals surface area contributed by atoms with Crippen molar-refractivity contribution in [1.82, 2.24) is 20.1 Å². The largest absolute Gasteiger partial charge is 0.438 e. The minimum atomic E-state index is -0.465. The van der Waals surface area contributed by atoms with E-state index in [4.69, 9.17) is 4.42 Å². The Morgan fingerprint density at radius 2 is 1.95 bits per heavy atom. The normalized spacial score (nSPS) is 19.0. The lowest BCUT2D eigenvalue weighted by Gasteiger charge is -2.22. The van der Waals surface area contributed by atoms with E-state index in [1.807, 2.05) is 0 Å². The van der Waals surface area contributed by atoms with Crippen molar-refractivity contribution >= 4 is 17.7 Å². The fourth-order valence-electron chi connectivity index (χ4n) is 2.33. The summed E-state index contributed by atoms with van der Waals surface area (Å²) < 4.78 is 5.00. The van der Waals surface area contributed by atoms with Gasteiger partial charge in [0.05, 0.1) is 12.1 Å². The van der Waals surface area contributed by atoms with Crippen LogP contribution in [0.15, 0.2) is 17.0 Å². The zero-order chi connectivity index (χ0) is 15.4. The highest BCUT2D eigenvalue weighted by atomic mass is 16.3. The Morgan fingerprint density at radius 3 is 2.52 bits per heavy atom. The second-order valence-corrected chi connectivity index (χ2v) is 4.89. The van der Waals surface area contributed by atoms with Gasteiger partial charge in [-0.1, -0.05) is 0 Å². The lowest BCUT2D eigenvalue weighted by molar-refractivity contribution is -0.130. The first-order chi connectivity index (χ1) is 10.0. The van der Waals surface area contributed by atoms with E-state index in [0.717, 1.165) is 0 Å². The van der Waals surface area contributed by atoms with Gasteiger partial charge in [0.15, 0.2) is 6.39 Å². The van der Waals surface area contributed by atoms with E-state index in [9.17, 15) is 14.4 Å². The molecule has 0 aliphatic carbocycles. The maximum atomic E-state index is 12.3. The van der Waals surface area contributed by atoms with Crippen molar-refractivity contribution < 1.29 is 18.8 Å². The molecule has 3 amide bonds. The number of oxazole rings is 1. The van der Waals surface area contributed by atoms with E-state index in [-0.39, 0.29) is 30.0 Å². The summed E-state index contributed by atoms with van der Waals surface area (Å²) in [5.41, 5.74) is 0. The standard InChI is InChI=1S/C13H18N4O4/c1-9(18)16-3-4-17(7-10(6-16)12(19)14-2)13(20)11-5-15-8-21-11/h5,8,10H,3-4,6-7H2,1-2H3,(H,14,19). The van der Waals surface area contributed by atoms with Crippen LogP contribution in [0.3, 0.4) is 0 Å². The van der Waals surface area contributed by atoms with E-state index < -0.39 is 5.92 Å². The first-order valence-corrected chi connectivity index (χ1v) is 6.67. The molecule has 1 aliphatic rings. The number of aromatic nitrogens is 1. The smallest absolute Gasteiger partial charge is 0.291 e. The fourth-order valence-corrected chi connectivity index (χ4v) is 2.33. The number of carbonyl (C=O) groups is 3. The van der Waals surface area contributed by atoms with Crippen LogP contribution in [0.2, 0.25) is 0 Å². The quantitative estimate of drug-likeness (QED) is 0.781. The third kappa shape index (κ3) is 3.39. The van der Waals surface area contributed by atoms with Crippen molar-refractivity contribution in [3.05, 3.63) is 18.4 Å². The summed E-state index contributed by atoms with van der Waals surface area (Å²) in [5, 5.41) is 2.57. The number of carbonyl (C=O) groups excluding carboxylic acids is 3. The molecule has 1 atom stereocenters. The number of rotatable bonds is 2. The molecular formula is C13H18N4O4. The van der Waals surface area contributed by atoms with Crippen molar-refractivity contribution in [2.24, 2.45) is 5.92 Å². The number of amides is 3. The van der Waals surface area contributed by atoms with E-state index in [1.165, 1.54) is 31.5 Å². The molecule has 1 fully saturated rings. The van der Waals surface area contributed by atoms with Gasteiger partial charge in [-0.2, -0.15) is 0 Å². The minimum absolute atomic E-state index is 0.113. The summed E-state index contributed by atoms with van der Waals surface area (Å²) in [6.07, 6.45) is 2.52. The molecule has 0 spiro atoms. The van der Waals surface area contributed by atoms with Gasteiger partial charge in [-0.25, -0.2) is 4.98 Å². The van der Waals surface area contributed by atoms with Gasteiger partial charge in [0.25, 0.3) is 5.91 Å². The summed E-state index contributed by atoms with van der Waals surface area (Å²) in [4.78, 5) is 42.6. The van der Waals surface area contributed by atoms with Crippen LogP contribution in [0.5, 0.6) is 0 Å². The molecule has 2 heterocycles. The summed E-state index contributed by atoms with van der Waals surface area (Å²) in [5.74, 6) is -0.974. The molecule has 0 saturated carbocycles. The van der Waals surface area contributed by atoms with Gasteiger partial charge in [-0.3, -0.25) is 14.4 Å². The molecule has 1 aromatic rings. The monoisotopic (exact) mass is 294 g/mol. The van der Waals surface area contributed by atoms with Gasteiger partial charge < -0.3 is 19.5 Å². The van der Waals surface area contributed by atoms with Gasteiger partial charge in [0, 0.05) is 40.2 Å². The average Bonchev–Trinajstić information content (AvgIpc) is 2.91. The van der Waals surface area contributed by atoms with Gasteiger partial charge >= 0.3 is 0 Å². The van der Waals surface area contributed by atoms with E-state index in [2.05, 4.69) is 10.3 Å².